The van der Waals surface area contributed by atoms with Crippen LogP contribution >= 0.6 is 0 Å². The van der Waals surface area contributed by atoms with Gasteiger partial charge in [0.1, 0.15) is 0 Å². The summed E-state index contributed by atoms with van der Waals surface area (Å²) < 4.78 is 38.0. The van der Waals surface area contributed by atoms with Crippen LogP contribution < -0.4 is 0 Å². The molecule has 0 radical (unpaired) electrons. The maximum Gasteiger partial charge on any atom is 0.159 e. The molecule has 0 aromatic heterocycles. The van der Waals surface area contributed by atoms with Gasteiger partial charge in [-0.3, -0.25) is 4.21 Å². The number of halogens is 2. The SMILES string of the molecule is O=S1C2CCC1CC(O)(Cc1ccc(F)c(F)c1)C2. The molecule has 2 atom stereocenters. The van der Waals surface area contributed by atoms with Crippen LogP contribution in [-0.2, 0) is 17.2 Å². The maximum atomic E-state index is 13.2. The number of rotatable bonds is 2. The highest BCUT2D eigenvalue weighted by atomic mass is 32.2. The Bertz CT molecular complexity index is 516. The molecule has 1 N–H and O–H groups in total. The molecule has 5 heteroatoms. The van der Waals surface area contributed by atoms with Gasteiger partial charge < -0.3 is 5.11 Å². The van der Waals surface area contributed by atoms with Gasteiger partial charge in [-0.15, -0.1) is 0 Å². The molecule has 2 nitrogen and oxygen atoms in total. The highest BCUT2D eigenvalue weighted by Crippen LogP contribution is 2.42. The van der Waals surface area contributed by atoms with Gasteiger partial charge in [0.2, 0.25) is 0 Å². The van der Waals surface area contributed by atoms with Gasteiger partial charge in [-0.2, -0.15) is 0 Å². The van der Waals surface area contributed by atoms with Crippen LogP contribution in [0.15, 0.2) is 18.2 Å². The van der Waals surface area contributed by atoms with Crippen LogP contribution in [0.1, 0.15) is 31.2 Å². The Kier molecular flexibility index (Phi) is 3.21. The first-order valence-corrected chi connectivity index (χ1v) is 7.80. The van der Waals surface area contributed by atoms with Crippen molar-refractivity contribution >= 4 is 10.8 Å². The molecule has 0 amide bonds. The monoisotopic (exact) mass is 286 g/mol. The molecule has 104 valence electrons. The third-order valence-corrected chi connectivity index (χ3v) is 6.32. The molecule has 19 heavy (non-hydrogen) atoms. The average Bonchev–Trinajstić information content (AvgIpc) is 2.59. The Hall–Kier alpha value is -0.810. The molecule has 3 rings (SSSR count). The quantitative estimate of drug-likeness (QED) is 0.906. The topological polar surface area (TPSA) is 37.3 Å². The summed E-state index contributed by atoms with van der Waals surface area (Å²) in [5.74, 6) is -1.76. The fraction of sp³-hybridized carbons (Fsp3) is 0.571. The van der Waals surface area contributed by atoms with E-state index in [-0.39, 0.29) is 10.5 Å². The third kappa shape index (κ3) is 2.46. The first-order valence-electron chi connectivity index (χ1n) is 6.52. The first kappa shape index (κ1) is 13.2. The zero-order valence-electron chi connectivity index (χ0n) is 10.4. The van der Waals surface area contributed by atoms with Gasteiger partial charge in [0.25, 0.3) is 0 Å². The lowest BCUT2D eigenvalue weighted by molar-refractivity contribution is 0.0230. The third-order valence-electron chi connectivity index (χ3n) is 4.20. The van der Waals surface area contributed by atoms with E-state index in [9.17, 15) is 18.1 Å². The van der Waals surface area contributed by atoms with Crippen molar-refractivity contribution in [2.75, 3.05) is 0 Å². The van der Waals surface area contributed by atoms with Crippen LogP contribution in [-0.4, -0.2) is 25.4 Å². The fourth-order valence-electron chi connectivity index (χ4n) is 3.35. The van der Waals surface area contributed by atoms with Crippen molar-refractivity contribution in [3.8, 4) is 0 Å². The van der Waals surface area contributed by atoms with Crippen molar-refractivity contribution in [2.24, 2.45) is 0 Å². The molecule has 1 aromatic rings. The summed E-state index contributed by atoms with van der Waals surface area (Å²) >= 11 is 0. The second-order valence-electron chi connectivity index (χ2n) is 5.71. The number of hydrogen-bond acceptors (Lipinski definition) is 2. The predicted molar refractivity (Wildman–Crippen MR) is 69.2 cm³/mol. The summed E-state index contributed by atoms with van der Waals surface area (Å²) in [6.07, 6.45) is 3.09. The number of hydrogen-bond donors (Lipinski definition) is 1. The summed E-state index contributed by atoms with van der Waals surface area (Å²) in [5, 5.41) is 10.8. The Morgan fingerprint density at radius 3 is 2.42 bits per heavy atom. The average molecular weight is 286 g/mol. The Balaban J connectivity index is 1.79. The largest absolute Gasteiger partial charge is 0.389 e. The Morgan fingerprint density at radius 1 is 1.21 bits per heavy atom. The van der Waals surface area contributed by atoms with E-state index < -0.39 is 28.0 Å². The summed E-state index contributed by atoms with van der Waals surface area (Å²) in [6.45, 7) is 0. The number of benzene rings is 1. The molecule has 2 unspecified atom stereocenters. The van der Waals surface area contributed by atoms with Crippen molar-refractivity contribution < 1.29 is 18.1 Å². The minimum Gasteiger partial charge on any atom is -0.389 e. The smallest absolute Gasteiger partial charge is 0.159 e. The molecule has 2 heterocycles. The summed E-state index contributed by atoms with van der Waals surface area (Å²) in [7, 11) is -0.825. The number of aliphatic hydroxyl groups is 1. The van der Waals surface area contributed by atoms with Gasteiger partial charge >= 0.3 is 0 Å². The van der Waals surface area contributed by atoms with E-state index in [0.29, 0.717) is 24.8 Å². The van der Waals surface area contributed by atoms with Gasteiger partial charge in [0.15, 0.2) is 11.6 Å². The molecule has 2 bridgehead atoms. The van der Waals surface area contributed by atoms with Gasteiger partial charge in [-0.25, -0.2) is 8.78 Å². The molecular formula is C14H16F2O2S. The van der Waals surface area contributed by atoms with Crippen molar-refractivity contribution in [1.82, 2.24) is 0 Å². The van der Waals surface area contributed by atoms with E-state index in [0.717, 1.165) is 25.0 Å². The Labute approximate surface area is 113 Å². The van der Waals surface area contributed by atoms with E-state index in [1.165, 1.54) is 6.07 Å². The molecular weight excluding hydrogens is 270 g/mol. The minimum atomic E-state index is -0.927. The van der Waals surface area contributed by atoms with Crippen LogP contribution in [0.4, 0.5) is 8.78 Å². The molecule has 0 aliphatic carbocycles. The second-order valence-corrected chi connectivity index (χ2v) is 7.70. The van der Waals surface area contributed by atoms with Crippen molar-refractivity contribution in [3.63, 3.8) is 0 Å². The van der Waals surface area contributed by atoms with E-state index in [4.69, 9.17) is 0 Å². The molecule has 0 spiro atoms. The van der Waals surface area contributed by atoms with Crippen LogP contribution in [0, 0.1) is 11.6 Å². The zero-order valence-corrected chi connectivity index (χ0v) is 11.3. The maximum absolute atomic E-state index is 13.2. The number of fused-ring (bicyclic) bond motifs is 2. The van der Waals surface area contributed by atoms with E-state index >= 15 is 0 Å². The fourth-order valence-corrected chi connectivity index (χ4v) is 5.58. The highest BCUT2D eigenvalue weighted by molar-refractivity contribution is 7.86. The van der Waals surface area contributed by atoms with E-state index in [1.54, 1.807) is 0 Å². The van der Waals surface area contributed by atoms with Crippen LogP contribution in [0.5, 0.6) is 0 Å². The molecule has 1 aromatic carbocycles. The zero-order chi connectivity index (χ0) is 13.6. The summed E-state index contributed by atoms with van der Waals surface area (Å²) in [5.41, 5.74) is -0.335. The summed E-state index contributed by atoms with van der Waals surface area (Å²) in [6, 6.07) is 3.73. The molecule has 0 saturated carbocycles. The Morgan fingerprint density at radius 2 is 1.84 bits per heavy atom. The van der Waals surface area contributed by atoms with Gasteiger partial charge in [-0.05, 0) is 43.4 Å². The van der Waals surface area contributed by atoms with Crippen molar-refractivity contribution in [3.05, 3.63) is 35.4 Å². The molecule has 2 saturated heterocycles. The van der Waals surface area contributed by atoms with Gasteiger partial charge in [0, 0.05) is 27.7 Å². The van der Waals surface area contributed by atoms with Crippen LogP contribution in [0.2, 0.25) is 0 Å². The second kappa shape index (κ2) is 4.63. The first-order chi connectivity index (χ1) is 8.97. The summed E-state index contributed by atoms with van der Waals surface area (Å²) in [4.78, 5) is 0. The molecule has 2 fully saturated rings. The minimum absolute atomic E-state index is 0.0639. The lowest BCUT2D eigenvalue weighted by atomic mass is 9.87. The standard InChI is InChI=1S/C14H16F2O2S/c15-12-4-1-9(5-13(12)16)6-14(17)7-10-2-3-11(8-14)19(10)18/h1,4-5,10-11,17H,2-3,6-8H2. The van der Waals surface area contributed by atoms with Gasteiger partial charge in [0.05, 0.1) is 5.60 Å². The van der Waals surface area contributed by atoms with Crippen molar-refractivity contribution in [1.29, 1.82) is 0 Å². The normalized spacial score (nSPS) is 37.5. The predicted octanol–water partition coefficient (Wildman–Crippen LogP) is 2.31. The lowest BCUT2D eigenvalue weighted by Gasteiger charge is -2.36. The molecule has 2 aliphatic rings. The highest BCUT2D eigenvalue weighted by Gasteiger charge is 2.47. The van der Waals surface area contributed by atoms with Crippen LogP contribution in [0.3, 0.4) is 0 Å². The van der Waals surface area contributed by atoms with Crippen LogP contribution in [0.25, 0.3) is 0 Å². The molecule has 2 aliphatic heterocycles. The van der Waals surface area contributed by atoms with Crippen molar-refractivity contribution in [2.45, 2.75) is 48.2 Å². The van der Waals surface area contributed by atoms with E-state index in [1.807, 2.05) is 0 Å². The van der Waals surface area contributed by atoms with E-state index in [2.05, 4.69) is 0 Å². The van der Waals surface area contributed by atoms with Gasteiger partial charge in [-0.1, -0.05) is 6.07 Å². The lowest BCUT2D eigenvalue weighted by Crippen LogP contribution is -2.44.